The molecule has 15 heavy (non-hydrogen) atoms. The predicted molar refractivity (Wildman–Crippen MR) is 60.8 cm³/mol. The Balaban J connectivity index is 3.69. The molecule has 0 unspecified atom stereocenters. The van der Waals surface area contributed by atoms with Gasteiger partial charge in [-0.3, -0.25) is 0 Å². The molecule has 0 bridgehead atoms. The lowest BCUT2D eigenvalue weighted by Gasteiger charge is -2.07. The van der Waals surface area contributed by atoms with Gasteiger partial charge in [-0.15, -0.1) is 12.6 Å². The minimum absolute atomic E-state index is 0.0364. The maximum absolute atomic E-state index is 11.3. The highest BCUT2D eigenvalue weighted by molar-refractivity contribution is 8.13. The molecule has 80 valence electrons. The number of halogens is 1. The number of nitrogens with zero attached hydrogens (tertiary/aromatic N) is 1. The average molecular weight is 262 g/mol. The first-order valence-electron chi connectivity index (χ1n) is 4.10. The minimum Gasteiger partial charge on any atom is -0.207 e. The monoisotopic (exact) mass is 261 g/mol. The van der Waals surface area contributed by atoms with Crippen molar-refractivity contribution in [2.75, 3.05) is 0 Å². The van der Waals surface area contributed by atoms with E-state index in [2.05, 4.69) is 12.6 Å². The van der Waals surface area contributed by atoms with Gasteiger partial charge in [0.1, 0.15) is 11.0 Å². The fourth-order valence-electron chi connectivity index (χ4n) is 1.31. The van der Waals surface area contributed by atoms with Gasteiger partial charge in [0, 0.05) is 15.6 Å². The normalized spacial score (nSPS) is 11.1. The zero-order chi connectivity index (χ0) is 11.6. The van der Waals surface area contributed by atoms with Crippen LogP contribution in [0.1, 0.15) is 18.1 Å². The van der Waals surface area contributed by atoms with Crippen LogP contribution in [0.2, 0.25) is 0 Å². The van der Waals surface area contributed by atoms with Gasteiger partial charge < -0.3 is 0 Å². The van der Waals surface area contributed by atoms with Crippen molar-refractivity contribution in [2.45, 2.75) is 23.1 Å². The lowest BCUT2D eigenvalue weighted by molar-refractivity contribution is 0.608. The first-order chi connectivity index (χ1) is 6.90. The number of hydrogen-bond donors (Lipinski definition) is 1. The average Bonchev–Trinajstić information content (AvgIpc) is 2.14. The molecular weight excluding hydrogens is 254 g/mol. The smallest absolute Gasteiger partial charge is 0.207 e. The van der Waals surface area contributed by atoms with Crippen molar-refractivity contribution in [2.24, 2.45) is 0 Å². The van der Waals surface area contributed by atoms with Crippen LogP contribution in [-0.2, 0) is 15.5 Å². The van der Waals surface area contributed by atoms with Crippen molar-refractivity contribution in [3.63, 3.8) is 0 Å². The lowest BCUT2D eigenvalue weighted by atomic mass is 10.1. The highest BCUT2D eigenvalue weighted by Gasteiger charge is 2.20. The summed E-state index contributed by atoms with van der Waals surface area (Å²) in [6.45, 7) is 1.79. The van der Waals surface area contributed by atoms with Gasteiger partial charge in [0.25, 0.3) is 9.05 Å². The summed E-state index contributed by atoms with van der Waals surface area (Å²) in [5.74, 6) is 0. The van der Waals surface area contributed by atoms with Crippen LogP contribution in [0.4, 0.5) is 0 Å². The number of rotatable bonds is 2. The molecule has 0 fully saturated rings. The van der Waals surface area contributed by atoms with E-state index in [1.54, 1.807) is 19.1 Å². The fraction of sp³-hybridized carbons (Fsp3) is 0.222. The Kier molecular flexibility index (Phi) is 3.66. The molecule has 0 aliphatic rings. The maximum Gasteiger partial charge on any atom is 0.262 e. The van der Waals surface area contributed by atoms with Crippen LogP contribution < -0.4 is 0 Å². The minimum atomic E-state index is -3.89. The number of nitriles is 1. The zero-order valence-corrected chi connectivity index (χ0v) is 10.3. The lowest BCUT2D eigenvalue weighted by Crippen LogP contribution is -2.01. The van der Waals surface area contributed by atoms with Crippen molar-refractivity contribution in [1.82, 2.24) is 0 Å². The van der Waals surface area contributed by atoms with E-state index in [9.17, 15) is 8.42 Å². The van der Waals surface area contributed by atoms with Gasteiger partial charge in [-0.1, -0.05) is 6.92 Å². The Bertz CT molecular complexity index is 532. The third-order valence-corrected chi connectivity index (χ3v) is 3.59. The van der Waals surface area contributed by atoms with E-state index in [1.165, 1.54) is 6.07 Å². The summed E-state index contributed by atoms with van der Waals surface area (Å²) < 4.78 is 22.6. The molecular formula is C9H8ClNO2S2. The van der Waals surface area contributed by atoms with Gasteiger partial charge in [-0.25, -0.2) is 8.42 Å². The maximum atomic E-state index is 11.3. The summed E-state index contributed by atoms with van der Waals surface area (Å²) in [6, 6.07) is 4.79. The van der Waals surface area contributed by atoms with Gasteiger partial charge in [0.2, 0.25) is 0 Å². The van der Waals surface area contributed by atoms with E-state index >= 15 is 0 Å². The molecule has 0 aliphatic carbocycles. The molecule has 0 saturated carbocycles. The van der Waals surface area contributed by atoms with Crippen molar-refractivity contribution in [3.05, 3.63) is 23.3 Å². The third kappa shape index (κ3) is 2.65. The van der Waals surface area contributed by atoms with Gasteiger partial charge in [-0.05, 0) is 24.1 Å². The molecule has 6 heteroatoms. The molecule has 0 N–H and O–H groups in total. The Morgan fingerprint density at radius 3 is 2.53 bits per heavy atom. The number of thiol groups is 1. The van der Waals surface area contributed by atoms with Gasteiger partial charge in [-0.2, -0.15) is 5.26 Å². The Hall–Kier alpha value is -0.700. The number of hydrogen-bond acceptors (Lipinski definition) is 4. The molecule has 1 aromatic carbocycles. The topological polar surface area (TPSA) is 57.9 Å². The molecule has 0 spiro atoms. The zero-order valence-electron chi connectivity index (χ0n) is 7.86. The second kappa shape index (κ2) is 4.44. The molecule has 3 nitrogen and oxygen atoms in total. The molecule has 1 rings (SSSR count). The first-order valence-corrected chi connectivity index (χ1v) is 6.86. The standard InChI is InChI=1S/C9H8ClNO2S2/c1-2-6-3-8(14)4-7(5-11)9(6)15(10,12)13/h3-4,14H,2H2,1H3. The predicted octanol–water partition coefficient (Wildman–Crippen LogP) is 2.34. The van der Waals surface area contributed by atoms with Crippen molar-refractivity contribution >= 4 is 32.4 Å². The summed E-state index contributed by atoms with van der Waals surface area (Å²) in [5, 5.41) is 8.82. The highest BCUT2D eigenvalue weighted by Crippen LogP contribution is 2.27. The van der Waals surface area contributed by atoms with Gasteiger partial charge in [0.05, 0.1) is 5.56 Å². The quantitative estimate of drug-likeness (QED) is 0.657. The van der Waals surface area contributed by atoms with Crippen LogP contribution in [0, 0.1) is 11.3 Å². The van der Waals surface area contributed by atoms with Crippen LogP contribution in [0.25, 0.3) is 0 Å². The van der Waals surface area contributed by atoms with E-state index in [0.717, 1.165) is 0 Å². The van der Waals surface area contributed by atoms with Gasteiger partial charge >= 0.3 is 0 Å². The second-order valence-electron chi connectivity index (χ2n) is 2.88. The SMILES string of the molecule is CCc1cc(S)cc(C#N)c1S(=O)(=O)Cl. The molecule has 0 saturated heterocycles. The Labute approximate surface area is 98.5 Å². The first kappa shape index (κ1) is 12.4. The molecule has 0 aliphatic heterocycles. The second-order valence-corrected chi connectivity index (χ2v) is 5.90. The molecule has 0 radical (unpaired) electrons. The highest BCUT2D eigenvalue weighted by atomic mass is 35.7. The van der Waals surface area contributed by atoms with E-state index in [1.807, 2.05) is 0 Å². The van der Waals surface area contributed by atoms with Crippen LogP contribution in [0.5, 0.6) is 0 Å². The van der Waals surface area contributed by atoms with Crippen molar-refractivity contribution < 1.29 is 8.42 Å². The van der Waals surface area contributed by atoms with Crippen molar-refractivity contribution in [3.8, 4) is 6.07 Å². The van der Waals surface area contributed by atoms with Crippen LogP contribution >= 0.6 is 23.3 Å². The fourth-order valence-corrected chi connectivity index (χ4v) is 3.02. The summed E-state index contributed by atoms with van der Waals surface area (Å²) in [6.07, 6.45) is 0.477. The van der Waals surface area contributed by atoms with E-state index in [0.29, 0.717) is 16.9 Å². The van der Waals surface area contributed by atoms with E-state index < -0.39 is 9.05 Å². The number of benzene rings is 1. The van der Waals surface area contributed by atoms with E-state index in [4.69, 9.17) is 15.9 Å². The summed E-state index contributed by atoms with van der Waals surface area (Å²) >= 11 is 4.09. The molecule has 0 amide bonds. The van der Waals surface area contributed by atoms with Crippen LogP contribution in [0.3, 0.4) is 0 Å². The number of aryl methyl sites for hydroxylation is 1. The van der Waals surface area contributed by atoms with Crippen LogP contribution in [-0.4, -0.2) is 8.42 Å². The largest absolute Gasteiger partial charge is 0.262 e. The molecule has 1 aromatic rings. The van der Waals surface area contributed by atoms with Crippen molar-refractivity contribution in [1.29, 1.82) is 5.26 Å². The molecule has 0 aromatic heterocycles. The van der Waals surface area contributed by atoms with E-state index in [-0.39, 0.29) is 10.5 Å². The van der Waals surface area contributed by atoms with Gasteiger partial charge in [0.15, 0.2) is 0 Å². The summed E-state index contributed by atoms with van der Waals surface area (Å²) in [5.41, 5.74) is 0.545. The molecule has 0 heterocycles. The Morgan fingerprint density at radius 1 is 1.53 bits per heavy atom. The summed E-state index contributed by atoms with van der Waals surface area (Å²) in [7, 11) is 1.39. The third-order valence-electron chi connectivity index (χ3n) is 1.90. The Morgan fingerprint density at radius 2 is 2.13 bits per heavy atom. The molecule has 0 atom stereocenters. The van der Waals surface area contributed by atoms with Crippen LogP contribution in [0.15, 0.2) is 21.9 Å². The summed E-state index contributed by atoms with van der Waals surface area (Å²) in [4.78, 5) is 0.444.